The maximum atomic E-state index is 7.11. The van der Waals surface area contributed by atoms with Crippen molar-refractivity contribution in [2.75, 3.05) is 9.71 Å². The molecule has 2 unspecified atom stereocenters. The van der Waals surface area contributed by atoms with Crippen molar-refractivity contribution in [2.45, 2.75) is 180 Å². The monoisotopic (exact) mass is 895 g/mol. The summed E-state index contributed by atoms with van der Waals surface area (Å²) >= 11 is 0. The lowest BCUT2D eigenvalue weighted by Crippen LogP contribution is -2.65. The molecule has 13 rings (SSSR count). The summed E-state index contributed by atoms with van der Waals surface area (Å²) in [5, 5.41) is 2.48. The second kappa shape index (κ2) is 12.9. The zero-order valence-electron chi connectivity index (χ0n) is 43.7. The molecule has 3 aliphatic carbocycles. The Balaban J connectivity index is 1.22. The van der Waals surface area contributed by atoms with Gasteiger partial charge in [0.2, 0.25) is 0 Å². The summed E-state index contributed by atoms with van der Waals surface area (Å²) in [6.07, 6.45) is 7.23. The van der Waals surface area contributed by atoms with Crippen molar-refractivity contribution < 1.29 is 4.42 Å². The molecule has 7 aromatic rings. The summed E-state index contributed by atoms with van der Waals surface area (Å²) in [5.74, 6) is 0. The van der Waals surface area contributed by atoms with Crippen LogP contribution in [0, 0.1) is 6.92 Å². The number of furan rings is 1. The average molecular weight is 895 g/mol. The van der Waals surface area contributed by atoms with Crippen molar-refractivity contribution in [1.82, 2.24) is 0 Å². The van der Waals surface area contributed by atoms with Crippen LogP contribution in [0.5, 0.6) is 0 Å². The van der Waals surface area contributed by atoms with E-state index in [4.69, 9.17) is 4.42 Å². The Labute approximate surface area is 406 Å². The number of aryl methyl sites for hydroxylation is 1. The van der Waals surface area contributed by atoms with Crippen molar-refractivity contribution in [3.63, 3.8) is 0 Å². The van der Waals surface area contributed by atoms with Gasteiger partial charge in [-0.1, -0.05) is 164 Å². The van der Waals surface area contributed by atoms with E-state index in [1.54, 1.807) is 11.1 Å². The van der Waals surface area contributed by atoms with E-state index in [-0.39, 0.29) is 44.9 Å². The molecule has 0 N–H and O–H groups in total. The number of para-hydroxylation sites is 1. The highest BCUT2D eigenvalue weighted by molar-refractivity contribution is 6.94. The number of nitrogens with zero attached hydrogens (tertiary/aromatic N) is 2. The Morgan fingerprint density at radius 1 is 0.559 bits per heavy atom. The molecule has 3 aliphatic heterocycles. The number of rotatable bonds is 1. The summed E-state index contributed by atoms with van der Waals surface area (Å²) < 4.78 is 7.11. The van der Waals surface area contributed by atoms with Crippen LogP contribution in [0.15, 0.2) is 89.3 Å². The highest BCUT2D eigenvalue weighted by atomic mass is 16.3. The molecule has 4 heterocycles. The van der Waals surface area contributed by atoms with Crippen molar-refractivity contribution in [1.29, 1.82) is 0 Å². The summed E-state index contributed by atoms with van der Waals surface area (Å²) in [5.41, 5.74) is 27.3. The zero-order chi connectivity index (χ0) is 47.8. The third kappa shape index (κ3) is 5.18. The second-order valence-corrected chi connectivity index (χ2v) is 26.8. The van der Waals surface area contributed by atoms with Gasteiger partial charge in [0.1, 0.15) is 11.2 Å². The first kappa shape index (κ1) is 42.9. The first-order chi connectivity index (χ1) is 31.9. The van der Waals surface area contributed by atoms with Crippen LogP contribution in [0.3, 0.4) is 0 Å². The summed E-state index contributed by atoms with van der Waals surface area (Å²) in [6, 6.07) is 34.4. The van der Waals surface area contributed by atoms with Crippen LogP contribution in [0.4, 0.5) is 22.7 Å². The first-order valence-corrected chi connectivity index (χ1v) is 26.1. The highest BCUT2D eigenvalue weighted by Crippen LogP contribution is 2.66. The van der Waals surface area contributed by atoms with E-state index in [1.165, 1.54) is 132 Å². The minimum Gasteiger partial charge on any atom is -0.456 e. The molecule has 0 amide bonds. The van der Waals surface area contributed by atoms with Gasteiger partial charge in [-0.05, 0) is 158 Å². The molecule has 1 saturated carbocycles. The minimum atomic E-state index is -0.268. The molecule has 2 atom stereocenters. The standard InChI is InChI=1S/C64H71BN2O/c1-36-30-37(58(2,3)4)22-25-49(36)67-55-40(24-23-39-42-33-45-46(35-44(42)62(12,13)53(39)55)61(10,11)29-28-60(45,8)9)43-34-51-52(41-20-16-17-21-50(41)68-51)57-54(43)65(67)48-32-38(59(5,6)7)31-47-56(48)66(57)64(15)27-19-18-26-63(47,64)14/h16-17,20-25,30-35H,18-19,26-29H2,1-15H3. The van der Waals surface area contributed by atoms with Gasteiger partial charge >= 0.3 is 6.85 Å². The summed E-state index contributed by atoms with van der Waals surface area (Å²) in [6.45, 7) is 36.9. The molecule has 6 aromatic carbocycles. The van der Waals surface area contributed by atoms with E-state index >= 15 is 0 Å². The number of hydrogen-bond donors (Lipinski definition) is 0. The van der Waals surface area contributed by atoms with Gasteiger partial charge in [0.15, 0.2) is 0 Å². The highest BCUT2D eigenvalue weighted by Gasteiger charge is 2.63. The smallest absolute Gasteiger partial charge is 0.333 e. The lowest BCUT2D eigenvalue weighted by Gasteiger charge is -2.53. The normalized spacial score (nSPS) is 23.2. The Bertz CT molecular complexity index is 3420. The Morgan fingerprint density at radius 3 is 1.94 bits per heavy atom. The molecule has 3 nitrogen and oxygen atoms in total. The Morgan fingerprint density at radius 2 is 1.24 bits per heavy atom. The molecule has 1 aromatic heterocycles. The molecule has 68 heavy (non-hydrogen) atoms. The number of benzene rings is 6. The lowest BCUT2D eigenvalue weighted by molar-refractivity contribution is 0.195. The van der Waals surface area contributed by atoms with Gasteiger partial charge in [-0.2, -0.15) is 0 Å². The van der Waals surface area contributed by atoms with E-state index in [1.807, 2.05) is 0 Å². The van der Waals surface area contributed by atoms with Gasteiger partial charge in [-0.3, -0.25) is 0 Å². The van der Waals surface area contributed by atoms with E-state index in [0.29, 0.717) is 0 Å². The molecule has 0 bridgehead atoms. The predicted molar refractivity (Wildman–Crippen MR) is 291 cm³/mol. The fourth-order valence-electron chi connectivity index (χ4n) is 15.1. The molecule has 6 aliphatic rings. The van der Waals surface area contributed by atoms with Crippen LogP contribution in [0.25, 0.3) is 44.2 Å². The van der Waals surface area contributed by atoms with E-state index < -0.39 is 0 Å². The molecule has 1 fully saturated rings. The van der Waals surface area contributed by atoms with E-state index in [2.05, 4.69) is 198 Å². The third-order valence-electron chi connectivity index (χ3n) is 19.4. The summed E-state index contributed by atoms with van der Waals surface area (Å²) in [4.78, 5) is 5.81. The number of fused-ring (bicyclic) bond motifs is 16. The second-order valence-electron chi connectivity index (χ2n) is 26.8. The minimum absolute atomic E-state index is 0.0245. The summed E-state index contributed by atoms with van der Waals surface area (Å²) in [7, 11) is 0. The zero-order valence-corrected chi connectivity index (χ0v) is 43.7. The van der Waals surface area contributed by atoms with Gasteiger partial charge in [0, 0.05) is 38.8 Å². The molecule has 0 radical (unpaired) electrons. The first-order valence-electron chi connectivity index (χ1n) is 26.1. The van der Waals surface area contributed by atoms with Crippen LogP contribution in [0.2, 0.25) is 0 Å². The number of anilines is 4. The quantitative estimate of drug-likeness (QED) is 0.153. The maximum Gasteiger partial charge on any atom is 0.333 e. The molecular weight excluding hydrogens is 824 g/mol. The van der Waals surface area contributed by atoms with Crippen molar-refractivity contribution in [3.05, 3.63) is 129 Å². The number of hydrogen-bond acceptors (Lipinski definition) is 3. The third-order valence-corrected chi connectivity index (χ3v) is 19.4. The van der Waals surface area contributed by atoms with E-state index in [9.17, 15) is 0 Å². The molecule has 0 saturated heterocycles. The van der Waals surface area contributed by atoms with Crippen LogP contribution in [-0.2, 0) is 32.5 Å². The maximum absolute atomic E-state index is 7.11. The predicted octanol–water partition coefficient (Wildman–Crippen LogP) is 16.1. The topological polar surface area (TPSA) is 19.6 Å². The van der Waals surface area contributed by atoms with Crippen LogP contribution in [0.1, 0.15) is 180 Å². The van der Waals surface area contributed by atoms with Crippen molar-refractivity contribution >= 4 is 62.5 Å². The molecule has 0 spiro atoms. The Kier molecular flexibility index (Phi) is 8.16. The van der Waals surface area contributed by atoms with Crippen LogP contribution in [-0.4, -0.2) is 12.4 Å². The molecular formula is C64H71BN2O. The van der Waals surface area contributed by atoms with Gasteiger partial charge in [0.25, 0.3) is 0 Å². The van der Waals surface area contributed by atoms with Gasteiger partial charge < -0.3 is 14.1 Å². The van der Waals surface area contributed by atoms with Gasteiger partial charge in [-0.25, -0.2) is 0 Å². The van der Waals surface area contributed by atoms with Gasteiger partial charge in [-0.15, -0.1) is 0 Å². The van der Waals surface area contributed by atoms with Crippen molar-refractivity contribution in [3.8, 4) is 22.3 Å². The van der Waals surface area contributed by atoms with Crippen molar-refractivity contribution in [2.24, 2.45) is 0 Å². The fourth-order valence-corrected chi connectivity index (χ4v) is 15.1. The van der Waals surface area contributed by atoms with Crippen LogP contribution < -0.4 is 20.6 Å². The molecule has 4 heteroatoms. The fraction of sp³-hybridized carbons (Fsp3) is 0.438. The largest absolute Gasteiger partial charge is 0.456 e. The Hall–Kier alpha value is -5.22. The SMILES string of the molecule is Cc1cc(C(C)(C)C)ccc1N1B2c3cc(C(C)(C)C)cc4c3N(c3c2c(cc2oc5ccccc5c32)-c2ccc3c(c21)C(C)(C)c1cc2c(cc1-3)C(C)(C)CCC2(C)C)C1(C)CCCCC41C. The average Bonchev–Trinajstić information content (AvgIpc) is 3.83. The van der Waals surface area contributed by atoms with E-state index in [0.717, 1.165) is 17.6 Å². The molecule has 346 valence electrons. The van der Waals surface area contributed by atoms with Crippen LogP contribution >= 0.6 is 0 Å². The van der Waals surface area contributed by atoms with Gasteiger partial charge in [0.05, 0.1) is 16.6 Å². The lowest BCUT2D eigenvalue weighted by atomic mass is 9.42.